The molecule has 0 bridgehead atoms. The molecule has 1 aromatic heterocycles. The third kappa shape index (κ3) is 3.63. The summed E-state index contributed by atoms with van der Waals surface area (Å²) < 4.78 is 0. The van der Waals surface area contributed by atoms with Crippen LogP contribution in [0.15, 0.2) is 18.2 Å². The van der Waals surface area contributed by atoms with Crippen molar-refractivity contribution in [2.24, 2.45) is 5.41 Å². The first-order valence-electron chi connectivity index (χ1n) is 4.77. The highest BCUT2D eigenvalue weighted by Gasteiger charge is 2.21. The first-order chi connectivity index (χ1) is 6.93. The lowest BCUT2D eigenvalue weighted by molar-refractivity contribution is -0.123. The molecular weight excluding hydrogens is 256 g/mol. The smallest absolute Gasteiger partial charge is 0.230 e. The van der Waals surface area contributed by atoms with Gasteiger partial charge in [-0.1, -0.05) is 42.8 Å². The van der Waals surface area contributed by atoms with Gasteiger partial charge in [0.2, 0.25) is 5.91 Å². The lowest BCUT2D eigenvalue weighted by Gasteiger charge is -2.17. The molecule has 82 valence electrons. The quantitative estimate of drug-likeness (QED) is 0.840. The van der Waals surface area contributed by atoms with Gasteiger partial charge >= 0.3 is 0 Å². The first kappa shape index (κ1) is 12.2. The van der Waals surface area contributed by atoms with Crippen molar-refractivity contribution in [2.75, 3.05) is 5.32 Å². The fraction of sp³-hybridized carbons (Fsp3) is 0.455. The van der Waals surface area contributed by atoms with E-state index in [1.807, 2.05) is 32.9 Å². The van der Waals surface area contributed by atoms with Crippen LogP contribution in [0.25, 0.3) is 0 Å². The fourth-order valence-electron chi connectivity index (χ4n) is 0.927. The molecule has 1 N–H and O–H groups in total. The molecule has 1 amide bonds. The van der Waals surface area contributed by atoms with E-state index < -0.39 is 5.41 Å². The second kappa shape index (κ2) is 4.75. The van der Waals surface area contributed by atoms with Crippen molar-refractivity contribution in [3.63, 3.8) is 0 Å². The van der Waals surface area contributed by atoms with Gasteiger partial charge in [0.1, 0.15) is 5.82 Å². The van der Waals surface area contributed by atoms with Crippen molar-refractivity contribution in [3.05, 3.63) is 23.9 Å². The maximum atomic E-state index is 11.7. The third-order valence-electron chi connectivity index (χ3n) is 1.87. The largest absolute Gasteiger partial charge is 0.310 e. The Kier molecular flexibility index (Phi) is 3.85. The molecule has 0 saturated carbocycles. The van der Waals surface area contributed by atoms with E-state index >= 15 is 0 Å². The van der Waals surface area contributed by atoms with E-state index in [-0.39, 0.29) is 5.91 Å². The number of rotatable bonds is 2. The topological polar surface area (TPSA) is 42.0 Å². The Morgan fingerprint density at radius 2 is 2.13 bits per heavy atom. The van der Waals surface area contributed by atoms with Crippen LogP contribution in [0.3, 0.4) is 0 Å². The zero-order valence-electron chi connectivity index (χ0n) is 9.17. The molecule has 0 unspecified atom stereocenters. The minimum atomic E-state index is -0.397. The molecule has 3 nitrogen and oxygen atoms in total. The van der Waals surface area contributed by atoms with Crippen molar-refractivity contribution in [1.29, 1.82) is 0 Å². The minimum absolute atomic E-state index is 0.0262. The molecule has 0 spiro atoms. The Bertz CT molecular complexity index is 358. The molecule has 0 aliphatic heterocycles. The van der Waals surface area contributed by atoms with Crippen LogP contribution in [-0.4, -0.2) is 10.9 Å². The molecule has 0 saturated heterocycles. The highest BCUT2D eigenvalue weighted by molar-refractivity contribution is 9.08. The van der Waals surface area contributed by atoms with Crippen LogP contribution in [0.4, 0.5) is 5.82 Å². The lowest BCUT2D eigenvalue weighted by Crippen LogP contribution is -2.28. The number of halogens is 1. The predicted molar refractivity (Wildman–Crippen MR) is 65.0 cm³/mol. The van der Waals surface area contributed by atoms with Crippen LogP contribution in [-0.2, 0) is 10.1 Å². The van der Waals surface area contributed by atoms with Gasteiger partial charge in [-0.05, 0) is 12.1 Å². The number of anilines is 1. The Morgan fingerprint density at radius 3 is 2.67 bits per heavy atom. The molecule has 1 aromatic rings. The Hall–Kier alpha value is -0.900. The lowest BCUT2D eigenvalue weighted by atomic mass is 9.96. The normalized spacial score (nSPS) is 11.2. The number of carbonyl (C=O) groups is 1. The number of carbonyl (C=O) groups excluding carboxylic acids is 1. The monoisotopic (exact) mass is 270 g/mol. The number of hydrogen-bond acceptors (Lipinski definition) is 2. The van der Waals surface area contributed by atoms with Gasteiger partial charge in [-0.3, -0.25) is 4.79 Å². The zero-order chi connectivity index (χ0) is 11.5. The molecule has 4 heteroatoms. The van der Waals surface area contributed by atoms with Gasteiger partial charge in [-0.2, -0.15) is 0 Å². The Labute approximate surface area is 98.4 Å². The molecule has 1 rings (SSSR count). The number of hydrogen-bond donors (Lipinski definition) is 1. The van der Waals surface area contributed by atoms with Gasteiger partial charge in [0, 0.05) is 10.7 Å². The van der Waals surface area contributed by atoms with E-state index in [1.54, 1.807) is 6.07 Å². The van der Waals surface area contributed by atoms with Crippen LogP contribution in [0.5, 0.6) is 0 Å². The number of nitrogens with zero attached hydrogens (tertiary/aromatic N) is 1. The fourth-order valence-corrected chi connectivity index (χ4v) is 1.24. The standard InChI is InChI=1S/C11H15BrN2O/c1-11(2,3)10(15)14-9-6-4-5-8(7-12)13-9/h4-6H,7H2,1-3H3,(H,13,14,15). The molecule has 0 atom stereocenters. The number of amides is 1. The highest BCUT2D eigenvalue weighted by atomic mass is 79.9. The van der Waals surface area contributed by atoms with Crippen molar-refractivity contribution >= 4 is 27.7 Å². The van der Waals surface area contributed by atoms with Crippen LogP contribution < -0.4 is 5.32 Å². The summed E-state index contributed by atoms with van der Waals surface area (Å²) in [7, 11) is 0. The molecule has 15 heavy (non-hydrogen) atoms. The summed E-state index contributed by atoms with van der Waals surface area (Å²) in [6.45, 7) is 5.62. The maximum absolute atomic E-state index is 11.7. The van der Waals surface area contributed by atoms with E-state index in [2.05, 4.69) is 26.2 Å². The molecule has 1 heterocycles. The first-order valence-corrected chi connectivity index (χ1v) is 5.89. The zero-order valence-corrected chi connectivity index (χ0v) is 10.8. The van der Waals surface area contributed by atoms with E-state index in [0.29, 0.717) is 11.1 Å². The van der Waals surface area contributed by atoms with Crippen molar-refractivity contribution in [3.8, 4) is 0 Å². The Morgan fingerprint density at radius 1 is 1.47 bits per heavy atom. The SMILES string of the molecule is CC(C)(C)C(=O)Nc1cccc(CBr)n1. The summed E-state index contributed by atoms with van der Waals surface area (Å²) in [5, 5.41) is 3.47. The number of pyridine rings is 1. The summed E-state index contributed by atoms with van der Waals surface area (Å²) >= 11 is 3.32. The van der Waals surface area contributed by atoms with Gasteiger partial charge in [0.05, 0.1) is 5.69 Å². The summed E-state index contributed by atoms with van der Waals surface area (Å²) in [5.74, 6) is 0.577. The number of alkyl halides is 1. The van der Waals surface area contributed by atoms with Gasteiger partial charge in [-0.25, -0.2) is 4.98 Å². The maximum Gasteiger partial charge on any atom is 0.230 e. The molecule has 0 aliphatic rings. The molecule has 0 aromatic carbocycles. The summed E-state index contributed by atoms with van der Waals surface area (Å²) in [6.07, 6.45) is 0. The Balaban J connectivity index is 2.77. The average molecular weight is 271 g/mol. The van der Waals surface area contributed by atoms with Gasteiger partial charge < -0.3 is 5.32 Å². The van der Waals surface area contributed by atoms with E-state index in [9.17, 15) is 4.79 Å². The van der Waals surface area contributed by atoms with Crippen molar-refractivity contribution < 1.29 is 4.79 Å². The third-order valence-corrected chi connectivity index (χ3v) is 2.44. The van der Waals surface area contributed by atoms with E-state index in [0.717, 1.165) is 5.69 Å². The average Bonchev–Trinajstić information content (AvgIpc) is 2.16. The van der Waals surface area contributed by atoms with E-state index in [1.165, 1.54) is 0 Å². The van der Waals surface area contributed by atoms with Gasteiger partial charge in [0.15, 0.2) is 0 Å². The molecule has 0 aliphatic carbocycles. The predicted octanol–water partition coefficient (Wildman–Crippen LogP) is 2.96. The summed E-state index contributed by atoms with van der Waals surface area (Å²) in [6, 6.07) is 5.57. The van der Waals surface area contributed by atoms with Gasteiger partial charge in [-0.15, -0.1) is 0 Å². The highest BCUT2D eigenvalue weighted by Crippen LogP contribution is 2.16. The number of nitrogens with one attached hydrogen (secondary N) is 1. The van der Waals surface area contributed by atoms with Crippen LogP contribution >= 0.6 is 15.9 Å². The van der Waals surface area contributed by atoms with Crippen molar-refractivity contribution in [2.45, 2.75) is 26.1 Å². The molecule has 0 fully saturated rings. The summed E-state index contributed by atoms with van der Waals surface area (Å²) in [5.41, 5.74) is 0.508. The summed E-state index contributed by atoms with van der Waals surface area (Å²) in [4.78, 5) is 15.9. The van der Waals surface area contributed by atoms with E-state index in [4.69, 9.17) is 0 Å². The van der Waals surface area contributed by atoms with Crippen LogP contribution in [0, 0.1) is 5.41 Å². The second-order valence-electron chi connectivity index (χ2n) is 4.35. The minimum Gasteiger partial charge on any atom is -0.310 e. The van der Waals surface area contributed by atoms with Gasteiger partial charge in [0.25, 0.3) is 0 Å². The number of aromatic nitrogens is 1. The van der Waals surface area contributed by atoms with Crippen molar-refractivity contribution in [1.82, 2.24) is 4.98 Å². The second-order valence-corrected chi connectivity index (χ2v) is 4.91. The molecule has 0 radical (unpaired) electrons. The van der Waals surface area contributed by atoms with Crippen LogP contribution in [0.1, 0.15) is 26.5 Å². The van der Waals surface area contributed by atoms with Crippen LogP contribution in [0.2, 0.25) is 0 Å². The molecular formula is C11H15BrN2O.